The van der Waals surface area contributed by atoms with Crippen molar-refractivity contribution >= 4 is 11.6 Å². The lowest BCUT2D eigenvalue weighted by atomic mass is 10.0. The standard InChI is InChI=1S/C15H22FN3O/c1-3-10-9-19(11(4-2)8-18-10)13-7-5-6-12(16)14(13)15(17)20/h5-7,10-11,18H,3-4,8-9H2,1-2H3,(H2,17,20). The molecule has 4 nitrogen and oxygen atoms in total. The van der Waals surface area contributed by atoms with E-state index in [0.29, 0.717) is 11.7 Å². The maximum Gasteiger partial charge on any atom is 0.253 e. The first kappa shape index (κ1) is 14.8. The Bertz CT molecular complexity index is 492. The van der Waals surface area contributed by atoms with Gasteiger partial charge in [-0.3, -0.25) is 4.79 Å². The number of rotatable bonds is 4. The Morgan fingerprint density at radius 2 is 2.20 bits per heavy atom. The maximum atomic E-state index is 13.9. The second-order valence-corrected chi connectivity index (χ2v) is 5.23. The lowest BCUT2D eigenvalue weighted by Crippen LogP contribution is -2.56. The summed E-state index contributed by atoms with van der Waals surface area (Å²) in [6.07, 6.45) is 1.92. The number of nitrogens with zero attached hydrogens (tertiary/aromatic N) is 1. The average molecular weight is 279 g/mol. The molecule has 0 spiro atoms. The number of hydrogen-bond acceptors (Lipinski definition) is 3. The number of anilines is 1. The van der Waals surface area contributed by atoms with Gasteiger partial charge in [-0.1, -0.05) is 19.9 Å². The van der Waals surface area contributed by atoms with Crippen LogP contribution in [0.5, 0.6) is 0 Å². The fourth-order valence-electron chi connectivity index (χ4n) is 2.79. The molecule has 2 rings (SSSR count). The monoisotopic (exact) mass is 279 g/mol. The van der Waals surface area contributed by atoms with Gasteiger partial charge in [0.1, 0.15) is 5.82 Å². The molecule has 1 aliphatic heterocycles. The van der Waals surface area contributed by atoms with Gasteiger partial charge in [0, 0.05) is 25.2 Å². The molecule has 1 aromatic carbocycles. The minimum absolute atomic E-state index is 0.00250. The van der Waals surface area contributed by atoms with Crippen LogP contribution >= 0.6 is 0 Å². The van der Waals surface area contributed by atoms with Crippen molar-refractivity contribution in [2.75, 3.05) is 18.0 Å². The van der Waals surface area contributed by atoms with Crippen LogP contribution in [0.3, 0.4) is 0 Å². The number of carbonyl (C=O) groups excluding carboxylic acids is 1. The summed E-state index contributed by atoms with van der Waals surface area (Å²) in [5.74, 6) is -1.25. The molecular formula is C15H22FN3O. The summed E-state index contributed by atoms with van der Waals surface area (Å²) in [5.41, 5.74) is 5.97. The van der Waals surface area contributed by atoms with Crippen LogP contribution in [-0.2, 0) is 0 Å². The van der Waals surface area contributed by atoms with Gasteiger partial charge in [-0.05, 0) is 25.0 Å². The Morgan fingerprint density at radius 3 is 2.80 bits per heavy atom. The quantitative estimate of drug-likeness (QED) is 0.885. The Kier molecular flexibility index (Phi) is 4.60. The van der Waals surface area contributed by atoms with Crippen molar-refractivity contribution in [2.24, 2.45) is 5.73 Å². The SMILES string of the molecule is CCC1CN(c2cccc(F)c2C(N)=O)C(CC)CN1. The van der Waals surface area contributed by atoms with Crippen LogP contribution in [0, 0.1) is 5.82 Å². The van der Waals surface area contributed by atoms with Crippen LogP contribution < -0.4 is 16.0 Å². The molecule has 0 radical (unpaired) electrons. The molecule has 0 aromatic heterocycles. The van der Waals surface area contributed by atoms with E-state index in [1.165, 1.54) is 6.07 Å². The number of benzene rings is 1. The summed E-state index contributed by atoms with van der Waals surface area (Å²) in [6.45, 7) is 5.81. The van der Waals surface area contributed by atoms with Gasteiger partial charge in [-0.25, -0.2) is 4.39 Å². The van der Waals surface area contributed by atoms with Gasteiger partial charge in [0.2, 0.25) is 0 Å². The van der Waals surface area contributed by atoms with Gasteiger partial charge in [0.05, 0.1) is 11.3 Å². The zero-order valence-corrected chi connectivity index (χ0v) is 12.0. The average Bonchev–Trinajstić information content (AvgIpc) is 2.45. The summed E-state index contributed by atoms with van der Waals surface area (Å²) in [6, 6.07) is 5.29. The first-order valence-corrected chi connectivity index (χ1v) is 7.16. The summed E-state index contributed by atoms with van der Waals surface area (Å²) < 4.78 is 13.9. The third-order valence-corrected chi connectivity index (χ3v) is 4.01. The van der Waals surface area contributed by atoms with E-state index < -0.39 is 11.7 Å². The second-order valence-electron chi connectivity index (χ2n) is 5.23. The van der Waals surface area contributed by atoms with E-state index in [1.807, 2.05) is 0 Å². The van der Waals surface area contributed by atoms with Crippen molar-refractivity contribution in [3.63, 3.8) is 0 Å². The first-order valence-electron chi connectivity index (χ1n) is 7.16. The zero-order chi connectivity index (χ0) is 14.7. The minimum Gasteiger partial charge on any atom is -0.365 e. The molecule has 5 heteroatoms. The molecule has 1 aliphatic rings. The number of primary amides is 1. The fraction of sp³-hybridized carbons (Fsp3) is 0.533. The van der Waals surface area contributed by atoms with E-state index in [9.17, 15) is 9.18 Å². The van der Waals surface area contributed by atoms with Crippen LogP contribution in [-0.4, -0.2) is 31.1 Å². The Labute approximate surface area is 119 Å². The first-order chi connectivity index (χ1) is 9.58. The molecule has 110 valence electrons. The number of nitrogens with two attached hydrogens (primary N) is 1. The molecular weight excluding hydrogens is 257 g/mol. The highest BCUT2D eigenvalue weighted by Gasteiger charge is 2.29. The lowest BCUT2D eigenvalue weighted by molar-refractivity contribution is 0.0996. The van der Waals surface area contributed by atoms with Gasteiger partial charge in [-0.15, -0.1) is 0 Å². The zero-order valence-electron chi connectivity index (χ0n) is 12.0. The molecule has 2 unspecified atom stereocenters. The van der Waals surface area contributed by atoms with Crippen molar-refractivity contribution in [2.45, 2.75) is 38.8 Å². The number of carbonyl (C=O) groups is 1. The van der Waals surface area contributed by atoms with Crippen molar-refractivity contribution < 1.29 is 9.18 Å². The number of amides is 1. The van der Waals surface area contributed by atoms with Crippen molar-refractivity contribution in [1.82, 2.24) is 5.32 Å². The molecule has 0 aliphatic carbocycles. The molecule has 0 bridgehead atoms. The van der Waals surface area contributed by atoms with Gasteiger partial charge < -0.3 is 16.0 Å². The van der Waals surface area contributed by atoms with Gasteiger partial charge >= 0.3 is 0 Å². The molecule has 1 amide bonds. The van der Waals surface area contributed by atoms with E-state index in [2.05, 4.69) is 24.1 Å². The molecule has 20 heavy (non-hydrogen) atoms. The van der Waals surface area contributed by atoms with Crippen LogP contribution in [0.1, 0.15) is 37.0 Å². The number of nitrogens with one attached hydrogen (secondary N) is 1. The predicted octanol–water partition coefficient (Wildman–Crippen LogP) is 1.89. The molecule has 3 N–H and O–H groups in total. The number of hydrogen-bond donors (Lipinski definition) is 2. The number of piperazine rings is 1. The van der Waals surface area contributed by atoms with Crippen molar-refractivity contribution in [3.8, 4) is 0 Å². The van der Waals surface area contributed by atoms with E-state index in [-0.39, 0.29) is 11.6 Å². The molecule has 1 fully saturated rings. The summed E-state index contributed by atoms with van der Waals surface area (Å²) in [7, 11) is 0. The van der Waals surface area contributed by atoms with E-state index in [1.54, 1.807) is 12.1 Å². The molecule has 1 heterocycles. The van der Waals surface area contributed by atoms with E-state index in [4.69, 9.17) is 5.73 Å². The van der Waals surface area contributed by atoms with Gasteiger partial charge in [0.15, 0.2) is 0 Å². The van der Waals surface area contributed by atoms with Crippen LogP contribution in [0.4, 0.5) is 10.1 Å². The highest BCUT2D eigenvalue weighted by Crippen LogP contribution is 2.27. The lowest BCUT2D eigenvalue weighted by Gasteiger charge is -2.42. The van der Waals surface area contributed by atoms with E-state index >= 15 is 0 Å². The highest BCUT2D eigenvalue weighted by molar-refractivity contribution is 5.99. The van der Waals surface area contributed by atoms with Crippen LogP contribution in [0.15, 0.2) is 18.2 Å². The van der Waals surface area contributed by atoms with Crippen molar-refractivity contribution in [3.05, 3.63) is 29.6 Å². The Balaban J connectivity index is 2.41. The maximum absolute atomic E-state index is 13.9. The summed E-state index contributed by atoms with van der Waals surface area (Å²) in [4.78, 5) is 13.7. The molecule has 1 aromatic rings. The van der Waals surface area contributed by atoms with Crippen molar-refractivity contribution in [1.29, 1.82) is 0 Å². The highest BCUT2D eigenvalue weighted by atomic mass is 19.1. The topological polar surface area (TPSA) is 58.4 Å². The third kappa shape index (κ3) is 2.77. The number of halogens is 1. The molecule has 1 saturated heterocycles. The third-order valence-electron chi connectivity index (χ3n) is 4.01. The predicted molar refractivity (Wildman–Crippen MR) is 78.4 cm³/mol. The summed E-state index contributed by atoms with van der Waals surface area (Å²) >= 11 is 0. The Hall–Kier alpha value is -1.62. The second kappa shape index (κ2) is 6.22. The Morgan fingerprint density at radius 1 is 1.45 bits per heavy atom. The largest absolute Gasteiger partial charge is 0.365 e. The van der Waals surface area contributed by atoms with Crippen LogP contribution in [0.25, 0.3) is 0 Å². The van der Waals surface area contributed by atoms with Crippen LogP contribution in [0.2, 0.25) is 0 Å². The van der Waals surface area contributed by atoms with Gasteiger partial charge in [0.25, 0.3) is 5.91 Å². The smallest absolute Gasteiger partial charge is 0.253 e. The van der Waals surface area contributed by atoms with E-state index in [0.717, 1.165) is 25.9 Å². The normalized spacial score (nSPS) is 22.9. The minimum atomic E-state index is -0.709. The van der Waals surface area contributed by atoms with Gasteiger partial charge in [-0.2, -0.15) is 0 Å². The fourth-order valence-corrected chi connectivity index (χ4v) is 2.79. The molecule has 2 atom stereocenters. The molecule has 0 saturated carbocycles. The summed E-state index contributed by atoms with van der Waals surface area (Å²) in [5, 5.41) is 3.48.